The molecule has 0 aliphatic heterocycles. The second kappa shape index (κ2) is 9.75. The summed E-state index contributed by atoms with van der Waals surface area (Å²) in [4.78, 5) is 12.1. The van der Waals surface area contributed by atoms with Crippen LogP contribution >= 0.6 is 11.6 Å². The van der Waals surface area contributed by atoms with E-state index in [4.69, 9.17) is 16.3 Å². The smallest absolute Gasteiger partial charge is 0.226 e. The van der Waals surface area contributed by atoms with Crippen molar-refractivity contribution in [1.29, 1.82) is 0 Å². The Bertz CT molecular complexity index is 511. The third-order valence-corrected chi connectivity index (χ3v) is 4.14. The van der Waals surface area contributed by atoms with Crippen LogP contribution in [0.1, 0.15) is 33.6 Å². The molecule has 1 aromatic carbocycles. The van der Waals surface area contributed by atoms with Gasteiger partial charge in [0.05, 0.1) is 18.9 Å². The first-order valence-electron chi connectivity index (χ1n) is 7.92. The van der Waals surface area contributed by atoms with Gasteiger partial charge in [0.25, 0.3) is 0 Å². The fourth-order valence-electron chi connectivity index (χ4n) is 2.12. The molecule has 23 heavy (non-hydrogen) atoms. The highest BCUT2D eigenvalue weighted by molar-refractivity contribution is 6.31. The molecular weight excluding hydrogens is 316 g/mol. The lowest BCUT2D eigenvalue weighted by atomic mass is 10.0. The van der Waals surface area contributed by atoms with Crippen LogP contribution in [0.25, 0.3) is 0 Å². The number of aliphatic hydroxyl groups is 1. The zero-order valence-electron chi connectivity index (χ0n) is 14.2. The van der Waals surface area contributed by atoms with Gasteiger partial charge in [-0.25, -0.2) is 0 Å². The average molecular weight is 343 g/mol. The SMILES string of the molecule is CCC(C)C(O)CNC(C)CC(=O)Nc1cc(Cl)ccc1OC. The van der Waals surface area contributed by atoms with E-state index in [0.29, 0.717) is 29.4 Å². The molecule has 3 atom stereocenters. The molecule has 6 heteroatoms. The van der Waals surface area contributed by atoms with Crippen LogP contribution in [0.2, 0.25) is 5.02 Å². The largest absolute Gasteiger partial charge is 0.495 e. The van der Waals surface area contributed by atoms with Crippen LogP contribution in [0.15, 0.2) is 18.2 Å². The lowest BCUT2D eigenvalue weighted by Crippen LogP contribution is -2.38. The molecule has 0 aromatic heterocycles. The number of aliphatic hydroxyl groups excluding tert-OH is 1. The molecule has 0 bridgehead atoms. The van der Waals surface area contributed by atoms with Crippen molar-refractivity contribution in [2.75, 3.05) is 19.0 Å². The maximum atomic E-state index is 12.1. The third-order valence-electron chi connectivity index (χ3n) is 3.90. The van der Waals surface area contributed by atoms with Gasteiger partial charge in [-0.05, 0) is 31.0 Å². The molecule has 1 aromatic rings. The van der Waals surface area contributed by atoms with Crippen LogP contribution in [0, 0.1) is 5.92 Å². The summed E-state index contributed by atoms with van der Waals surface area (Å²) in [6.07, 6.45) is 0.813. The van der Waals surface area contributed by atoms with Gasteiger partial charge in [0.1, 0.15) is 5.75 Å². The van der Waals surface area contributed by atoms with Gasteiger partial charge < -0.3 is 20.5 Å². The normalized spacial score (nSPS) is 14.9. The Morgan fingerprint density at radius 2 is 2.09 bits per heavy atom. The number of halogens is 1. The minimum atomic E-state index is -0.404. The molecule has 0 saturated carbocycles. The summed E-state index contributed by atoms with van der Waals surface area (Å²) < 4.78 is 5.20. The van der Waals surface area contributed by atoms with Crippen molar-refractivity contribution in [2.45, 2.75) is 45.8 Å². The number of benzene rings is 1. The van der Waals surface area contributed by atoms with E-state index in [1.165, 1.54) is 0 Å². The molecule has 0 fully saturated rings. The van der Waals surface area contributed by atoms with E-state index in [2.05, 4.69) is 10.6 Å². The minimum Gasteiger partial charge on any atom is -0.495 e. The van der Waals surface area contributed by atoms with Gasteiger partial charge in [-0.2, -0.15) is 0 Å². The van der Waals surface area contributed by atoms with Crippen molar-refractivity contribution >= 4 is 23.2 Å². The molecule has 3 N–H and O–H groups in total. The quantitative estimate of drug-likeness (QED) is 0.645. The summed E-state index contributed by atoms with van der Waals surface area (Å²) in [7, 11) is 1.54. The average Bonchev–Trinajstić information content (AvgIpc) is 2.51. The predicted octanol–water partition coefficient (Wildman–Crippen LogP) is 3.06. The fraction of sp³-hybridized carbons (Fsp3) is 0.588. The van der Waals surface area contributed by atoms with Crippen LogP contribution in [-0.2, 0) is 4.79 Å². The molecule has 0 spiro atoms. The highest BCUT2D eigenvalue weighted by Crippen LogP contribution is 2.27. The van der Waals surface area contributed by atoms with E-state index < -0.39 is 6.10 Å². The number of carbonyl (C=O) groups is 1. The number of anilines is 1. The van der Waals surface area contributed by atoms with E-state index in [1.54, 1.807) is 25.3 Å². The van der Waals surface area contributed by atoms with Crippen molar-refractivity contribution in [2.24, 2.45) is 5.92 Å². The van der Waals surface area contributed by atoms with Gasteiger partial charge in [-0.1, -0.05) is 31.9 Å². The first-order chi connectivity index (χ1) is 10.9. The van der Waals surface area contributed by atoms with Gasteiger partial charge in [0.2, 0.25) is 5.91 Å². The number of hydrogen-bond donors (Lipinski definition) is 3. The molecule has 1 amide bonds. The molecule has 0 heterocycles. The van der Waals surface area contributed by atoms with Crippen LogP contribution in [0.4, 0.5) is 5.69 Å². The Hall–Kier alpha value is -1.30. The van der Waals surface area contributed by atoms with E-state index in [9.17, 15) is 9.90 Å². The molecule has 1 rings (SSSR count). The second-order valence-corrected chi connectivity index (χ2v) is 6.30. The molecule has 0 saturated heterocycles. The lowest BCUT2D eigenvalue weighted by molar-refractivity contribution is -0.116. The van der Waals surface area contributed by atoms with Gasteiger partial charge in [-0.3, -0.25) is 4.79 Å². The van der Waals surface area contributed by atoms with Gasteiger partial charge >= 0.3 is 0 Å². The molecular formula is C17H27ClN2O3. The van der Waals surface area contributed by atoms with Crippen molar-refractivity contribution < 1.29 is 14.6 Å². The Labute approximate surface area is 143 Å². The van der Waals surface area contributed by atoms with Crippen molar-refractivity contribution in [3.8, 4) is 5.75 Å². The van der Waals surface area contributed by atoms with Crippen LogP contribution in [0.3, 0.4) is 0 Å². The maximum Gasteiger partial charge on any atom is 0.226 e. The van der Waals surface area contributed by atoms with E-state index in [1.807, 2.05) is 20.8 Å². The molecule has 5 nitrogen and oxygen atoms in total. The van der Waals surface area contributed by atoms with Gasteiger partial charge in [0, 0.05) is 24.0 Å². The van der Waals surface area contributed by atoms with Crippen molar-refractivity contribution in [1.82, 2.24) is 5.32 Å². The zero-order chi connectivity index (χ0) is 17.4. The van der Waals surface area contributed by atoms with Crippen LogP contribution in [0.5, 0.6) is 5.75 Å². The number of amides is 1. The fourth-order valence-corrected chi connectivity index (χ4v) is 2.30. The zero-order valence-corrected chi connectivity index (χ0v) is 15.0. The Morgan fingerprint density at radius 1 is 1.39 bits per heavy atom. The summed E-state index contributed by atoms with van der Waals surface area (Å²) in [5.41, 5.74) is 0.553. The number of carbonyl (C=O) groups excluding carboxylic acids is 1. The number of ether oxygens (including phenoxy) is 1. The number of methoxy groups -OCH3 is 1. The minimum absolute atomic E-state index is 0.0427. The second-order valence-electron chi connectivity index (χ2n) is 5.86. The standard InChI is InChI=1S/C17H27ClN2O3/c1-5-11(2)15(21)10-19-12(3)8-17(22)20-14-9-13(18)6-7-16(14)23-4/h6-7,9,11-12,15,19,21H,5,8,10H2,1-4H3,(H,20,22). The van der Waals surface area contributed by atoms with Gasteiger partial charge in [0.15, 0.2) is 0 Å². The van der Waals surface area contributed by atoms with E-state index in [-0.39, 0.29) is 17.9 Å². The maximum absolute atomic E-state index is 12.1. The molecule has 3 unspecified atom stereocenters. The number of nitrogens with one attached hydrogen (secondary N) is 2. The van der Waals surface area contributed by atoms with Crippen molar-refractivity contribution in [3.05, 3.63) is 23.2 Å². The summed E-state index contributed by atoms with van der Waals surface area (Å²) in [5, 5.41) is 16.5. The molecule has 0 aliphatic carbocycles. The van der Waals surface area contributed by atoms with E-state index in [0.717, 1.165) is 6.42 Å². The summed E-state index contributed by atoms with van der Waals surface area (Å²) >= 11 is 5.94. The Balaban J connectivity index is 2.49. The van der Waals surface area contributed by atoms with Crippen LogP contribution in [-0.4, -0.2) is 36.8 Å². The topological polar surface area (TPSA) is 70.6 Å². The summed E-state index contributed by atoms with van der Waals surface area (Å²) in [6.45, 7) is 6.44. The first kappa shape index (κ1) is 19.7. The Kier molecular flexibility index (Phi) is 8.37. The first-order valence-corrected chi connectivity index (χ1v) is 8.30. The van der Waals surface area contributed by atoms with E-state index >= 15 is 0 Å². The highest BCUT2D eigenvalue weighted by atomic mass is 35.5. The monoisotopic (exact) mass is 342 g/mol. The Morgan fingerprint density at radius 3 is 2.70 bits per heavy atom. The third kappa shape index (κ3) is 6.77. The lowest BCUT2D eigenvalue weighted by Gasteiger charge is -2.21. The molecule has 130 valence electrons. The molecule has 0 radical (unpaired) electrons. The van der Waals surface area contributed by atoms with Crippen molar-refractivity contribution in [3.63, 3.8) is 0 Å². The van der Waals surface area contributed by atoms with Crippen LogP contribution < -0.4 is 15.4 Å². The van der Waals surface area contributed by atoms with Gasteiger partial charge in [-0.15, -0.1) is 0 Å². The summed E-state index contributed by atoms with van der Waals surface area (Å²) in [5.74, 6) is 0.665. The number of rotatable bonds is 9. The highest BCUT2D eigenvalue weighted by Gasteiger charge is 2.15. The predicted molar refractivity (Wildman–Crippen MR) is 94.2 cm³/mol. The molecule has 0 aliphatic rings. The number of hydrogen-bond acceptors (Lipinski definition) is 4. The summed E-state index contributed by atoms with van der Waals surface area (Å²) in [6, 6.07) is 5.03.